The number of hydrogen-bond acceptors (Lipinski definition) is 3. The van der Waals surface area contributed by atoms with Crippen LogP contribution in [0.3, 0.4) is 0 Å². The molecule has 0 bridgehead atoms. The van der Waals surface area contributed by atoms with Crippen molar-refractivity contribution >= 4 is 23.2 Å². The number of aromatic nitrogens is 3. The number of hydrogen-bond donors (Lipinski definition) is 0. The average molecular weight is 297 g/mol. The van der Waals surface area contributed by atoms with Gasteiger partial charge >= 0.3 is 0 Å². The number of rotatable bonds is 2. The maximum atomic E-state index is 6.27. The van der Waals surface area contributed by atoms with Crippen molar-refractivity contribution < 1.29 is 0 Å². The van der Waals surface area contributed by atoms with Crippen LogP contribution < -0.4 is 0 Å². The van der Waals surface area contributed by atoms with Crippen LogP contribution in [0.25, 0.3) is 0 Å². The van der Waals surface area contributed by atoms with Gasteiger partial charge in [0, 0.05) is 22.6 Å². The maximum absolute atomic E-state index is 6.27. The molecule has 0 radical (unpaired) electrons. The van der Waals surface area contributed by atoms with Crippen molar-refractivity contribution in [1.82, 2.24) is 19.7 Å². The minimum absolute atomic E-state index is 0.205. The highest BCUT2D eigenvalue weighted by Crippen LogP contribution is 2.31. The first-order valence-electron chi connectivity index (χ1n) is 6.21. The standard InChI is InChI=1S/C13H14Cl2N4/c1-9(11-6-10(14)2-3-12(11)15)18-4-5-19-13(7-18)16-8-17-19/h2-3,6,8-9H,4-5,7H2,1H3. The summed E-state index contributed by atoms with van der Waals surface area (Å²) in [5.74, 6) is 0.997. The fraction of sp³-hybridized carbons (Fsp3) is 0.385. The fourth-order valence-electron chi connectivity index (χ4n) is 2.44. The van der Waals surface area contributed by atoms with Gasteiger partial charge in [-0.1, -0.05) is 23.2 Å². The van der Waals surface area contributed by atoms with Gasteiger partial charge in [0.15, 0.2) is 0 Å². The Labute approximate surface area is 122 Å². The first kappa shape index (κ1) is 12.9. The molecule has 2 aromatic rings. The highest BCUT2D eigenvalue weighted by atomic mass is 35.5. The van der Waals surface area contributed by atoms with Crippen molar-refractivity contribution in [3.05, 3.63) is 46.0 Å². The molecule has 2 heterocycles. The van der Waals surface area contributed by atoms with Gasteiger partial charge in [0.2, 0.25) is 0 Å². The van der Waals surface area contributed by atoms with Crippen LogP contribution in [0, 0.1) is 0 Å². The summed E-state index contributed by atoms with van der Waals surface area (Å²) >= 11 is 12.3. The molecule has 4 nitrogen and oxygen atoms in total. The number of halogens is 2. The molecule has 0 saturated heterocycles. The Morgan fingerprint density at radius 2 is 2.11 bits per heavy atom. The van der Waals surface area contributed by atoms with E-state index in [1.165, 1.54) is 0 Å². The van der Waals surface area contributed by atoms with Crippen molar-refractivity contribution in [2.45, 2.75) is 26.1 Å². The summed E-state index contributed by atoms with van der Waals surface area (Å²) < 4.78 is 1.95. The Hall–Kier alpha value is -1.10. The molecule has 1 unspecified atom stereocenters. The molecule has 0 amide bonds. The van der Waals surface area contributed by atoms with Crippen LogP contribution in [0.4, 0.5) is 0 Å². The zero-order valence-electron chi connectivity index (χ0n) is 10.6. The summed E-state index contributed by atoms with van der Waals surface area (Å²) in [6.45, 7) is 4.71. The third-order valence-electron chi connectivity index (χ3n) is 3.60. The molecule has 3 rings (SSSR count). The first-order valence-corrected chi connectivity index (χ1v) is 6.96. The van der Waals surface area contributed by atoms with Crippen LogP contribution in [-0.4, -0.2) is 26.2 Å². The smallest absolute Gasteiger partial charge is 0.141 e. The SMILES string of the molecule is CC(c1cc(Cl)ccc1Cl)N1CCn2ncnc2C1. The van der Waals surface area contributed by atoms with Crippen LogP contribution in [0.2, 0.25) is 10.0 Å². The predicted octanol–water partition coefficient (Wildman–Crippen LogP) is 3.16. The molecule has 1 aromatic heterocycles. The minimum atomic E-state index is 0.205. The van der Waals surface area contributed by atoms with Crippen molar-refractivity contribution in [2.75, 3.05) is 6.54 Å². The number of benzene rings is 1. The average Bonchev–Trinajstić information content (AvgIpc) is 2.88. The molecule has 1 aromatic carbocycles. The number of fused-ring (bicyclic) bond motifs is 1. The zero-order chi connectivity index (χ0) is 13.4. The van der Waals surface area contributed by atoms with E-state index in [0.29, 0.717) is 5.02 Å². The summed E-state index contributed by atoms with van der Waals surface area (Å²) in [6.07, 6.45) is 1.61. The molecule has 6 heteroatoms. The highest BCUT2D eigenvalue weighted by Gasteiger charge is 2.24. The molecule has 0 N–H and O–H groups in total. The lowest BCUT2D eigenvalue weighted by atomic mass is 10.1. The maximum Gasteiger partial charge on any atom is 0.141 e. The lowest BCUT2D eigenvalue weighted by Gasteiger charge is -2.32. The van der Waals surface area contributed by atoms with Crippen molar-refractivity contribution in [3.8, 4) is 0 Å². The first-order chi connectivity index (χ1) is 9.15. The van der Waals surface area contributed by atoms with E-state index in [4.69, 9.17) is 23.2 Å². The molecule has 1 aliphatic rings. The van der Waals surface area contributed by atoms with E-state index >= 15 is 0 Å². The van der Waals surface area contributed by atoms with E-state index in [0.717, 1.165) is 36.0 Å². The second-order valence-corrected chi connectivity index (χ2v) is 5.56. The van der Waals surface area contributed by atoms with E-state index in [2.05, 4.69) is 21.9 Å². The Balaban J connectivity index is 1.85. The molecule has 0 saturated carbocycles. The van der Waals surface area contributed by atoms with Gasteiger partial charge in [-0.05, 0) is 30.7 Å². The Kier molecular flexibility index (Phi) is 3.48. The van der Waals surface area contributed by atoms with E-state index in [1.54, 1.807) is 6.33 Å². The third kappa shape index (κ3) is 2.48. The van der Waals surface area contributed by atoms with Crippen LogP contribution >= 0.6 is 23.2 Å². The summed E-state index contributed by atoms with van der Waals surface area (Å²) in [5, 5.41) is 5.65. The fourth-order valence-corrected chi connectivity index (χ4v) is 2.90. The molecular formula is C13H14Cl2N4. The van der Waals surface area contributed by atoms with E-state index in [9.17, 15) is 0 Å². The van der Waals surface area contributed by atoms with Gasteiger partial charge in [-0.3, -0.25) is 4.90 Å². The molecule has 0 fully saturated rings. The van der Waals surface area contributed by atoms with E-state index in [-0.39, 0.29) is 6.04 Å². The number of nitrogens with zero attached hydrogens (tertiary/aromatic N) is 4. The lowest BCUT2D eigenvalue weighted by Crippen LogP contribution is -2.36. The Bertz CT molecular complexity index is 596. The van der Waals surface area contributed by atoms with Gasteiger partial charge in [-0.25, -0.2) is 9.67 Å². The molecule has 1 atom stereocenters. The summed E-state index contributed by atoms with van der Waals surface area (Å²) in [6, 6.07) is 5.81. The topological polar surface area (TPSA) is 34.0 Å². The van der Waals surface area contributed by atoms with Crippen LogP contribution in [0.15, 0.2) is 24.5 Å². The van der Waals surface area contributed by atoms with Gasteiger partial charge in [-0.15, -0.1) is 0 Å². The van der Waals surface area contributed by atoms with Gasteiger partial charge in [0.1, 0.15) is 12.2 Å². The van der Waals surface area contributed by atoms with Crippen molar-refractivity contribution in [3.63, 3.8) is 0 Å². The van der Waals surface area contributed by atoms with E-state index in [1.807, 2.05) is 22.9 Å². The Morgan fingerprint density at radius 1 is 1.26 bits per heavy atom. The van der Waals surface area contributed by atoms with Crippen LogP contribution in [0.1, 0.15) is 24.4 Å². The molecule has 0 spiro atoms. The van der Waals surface area contributed by atoms with Gasteiger partial charge in [0.05, 0.1) is 13.1 Å². The summed E-state index contributed by atoms with van der Waals surface area (Å²) in [5.41, 5.74) is 1.06. The summed E-state index contributed by atoms with van der Waals surface area (Å²) in [7, 11) is 0. The van der Waals surface area contributed by atoms with Crippen LogP contribution in [-0.2, 0) is 13.1 Å². The molecule has 0 aliphatic carbocycles. The third-order valence-corrected chi connectivity index (χ3v) is 4.17. The van der Waals surface area contributed by atoms with Gasteiger partial charge < -0.3 is 0 Å². The van der Waals surface area contributed by atoms with Gasteiger partial charge in [0.25, 0.3) is 0 Å². The molecule has 100 valence electrons. The van der Waals surface area contributed by atoms with Gasteiger partial charge in [-0.2, -0.15) is 5.10 Å². The Morgan fingerprint density at radius 3 is 2.95 bits per heavy atom. The van der Waals surface area contributed by atoms with Crippen molar-refractivity contribution in [1.29, 1.82) is 0 Å². The van der Waals surface area contributed by atoms with Crippen LogP contribution in [0.5, 0.6) is 0 Å². The lowest BCUT2D eigenvalue weighted by molar-refractivity contribution is 0.158. The molecule has 1 aliphatic heterocycles. The monoisotopic (exact) mass is 296 g/mol. The summed E-state index contributed by atoms with van der Waals surface area (Å²) in [4.78, 5) is 6.61. The normalized spacial score (nSPS) is 17.2. The second kappa shape index (κ2) is 5.12. The molecule has 19 heavy (non-hydrogen) atoms. The second-order valence-electron chi connectivity index (χ2n) is 4.71. The van der Waals surface area contributed by atoms with E-state index < -0.39 is 0 Å². The highest BCUT2D eigenvalue weighted by molar-refractivity contribution is 6.33. The predicted molar refractivity (Wildman–Crippen MR) is 75.3 cm³/mol. The minimum Gasteiger partial charge on any atom is -0.287 e. The quantitative estimate of drug-likeness (QED) is 0.854. The molecular weight excluding hydrogens is 283 g/mol. The largest absolute Gasteiger partial charge is 0.287 e. The van der Waals surface area contributed by atoms with Crippen molar-refractivity contribution in [2.24, 2.45) is 0 Å². The zero-order valence-corrected chi connectivity index (χ0v) is 12.1.